The number of fused-ring (bicyclic) bond motifs is 1. The Morgan fingerprint density at radius 2 is 2.37 bits per heavy atom. The van der Waals surface area contributed by atoms with Crippen molar-refractivity contribution in [2.24, 2.45) is 11.7 Å². The minimum Gasteiger partial charge on any atom is -0.494 e. The fourth-order valence-corrected chi connectivity index (χ4v) is 2.45. The Bertz CT molecular complexity index is 582. The average Bonchev–Trinajstić information content (AvgIpc) is 2.79. The van der Waals surface area contributed by atoms with E-state index in [1.807, 2.05) is 25.1 Å². The highest BCUT2D eigenvalue weighted by Crippen LogP contribution is 2.29. The number of anilines is 1. The lowest BCUT2D eigenvalue weighted by Crippen LogP contribution is -2.26. The number of rotatable bonds is 5. The van der Waals surface area contributed by atoms with Gasteiger partial charge in [-0.1, -0.05) is 18.3 Å². The molecule has 0 saturated heterocycles. The average molecular weight is 279 g/mol. The van der Waals surface area contributed by atoms with E-state index in [1.54, 1.807) is 6.92 Å². The van der Waals surface area contributed by atoms with Crippen LogP contribution in [0.5, 0.6) is 5.75 Å². The van der Waals surface area contributed by atoms with E-state index in [0.717, 1.165) is 16.0 Å². The fraction of sp³-hybridized carbons (Fsp3) is 0.385. The third-order valence-electron chi connectivity index (χ3n) is 2.70. The van der Waals surface area contributed by atoms with Crippen LogP contribution in [0.4, 0.5) is 5.13 Å². The second-order valence-corrected chi connectivity index (χ2v) is 5.24. The summed E-state index contributed by atoms with van der Waals surface area (Å²) in [5, 5.41) is 3.37. The van der Waals surface area contributed by atoms with Crippen molar-refractivity contribution in [1.29, 1.82) is 0 Å². The lowest BCUT2D eigenvalue weighted by Gasteiger charge is -2.06. The van der Waals surface area contributed by atoms with Crippen molar-refractivity contribution in [2.75, 3.05) is 18.5 Å². The Hall–Kier alpha value is -1.66. The minimum absolute atomic E-state index is 0.105. The van der Waals surface area contributed by atoms with Crippen LogP contribution in [0.25, 0.3) is 10.2 Å². The molecule has 1 aromatic carbocycles. The molecule has 0 radical (unpaired) electrons. The first-order valence-corrected chi connectivity index (χ1v) is 7.00. The van der Waals surface area contributed by atoms with Crippen molar-refractivity contribution >= 4 is 32.6 Å². The van der Waals surface area contributed by atoms with Crippen LogP contribution in [0.2, 0.25) is 0 Å². The van der Waals surface area contributed by atoms with E-state index in [9.17, 15) is 4.79 Å². The number of amides is 1. The quantitative estimate of drug-likeness (QED) is 0.880. The summed E-state index contributed by atoms with van der Waals surface area (Å²) >= 11 is 1.43. The van der Waals surface area contributed by atoms with Crippen molar-refractivity contribution in [3.05, 3.63) is 18.2 Å². The topological polar surface area (TPSA) is 77.2 Å². The van der Waals surface area contributed by atoms with Crippen molar-refractivity contribution in [1.82, 2.24) is 4.98 Å². The van der Waals surface area contributed by atoms with Crippen molar-refractivity contribution < 1.29 is 9.53 Å². The van der Waals surface area contributed by atoms with Gasteiger partial charge in [0, 0.05) is 12.5 Å². The van der Waals surface area contributed by atoms with Crippen LogP contribution < -0.4 is 15.8 Å². The Kier molecular flexibility index (Phi) is 4.34. The molecule has 1 heterocycles. The van der Waals surface area contributed by atoms with E-state index in [4.69, 9.17) is 10.5 Å². The lowest BCUT2D eigenvalue weighted by molar-refractivity contribution is -0.119. The van der Waals surface area contributed by atoms with Crippen LogP contribution in [0, 0.1) is 5.92 Å². The molecule has 1 atom stereocenters. The molecule has 1 unspecified atom stereocenters. The van der Waals surface area contributed by atoms with Gasteiger partial charge in [-0.25, -0.2) is 4.98 Å². The normalized spacial score (nSPS) is 12.4. The van der Waals surface area contributed by atoms with Crippen LogP contribution >= 0.6 is 11.3 Å². The van der Waals surface area contributed by atoms with E-state index < -0.39 is 0 Å². The van der Waals surface area contributed by atoms with E-state index in [-0.39, 0.29) is 11.8 Å². The summed E-state index contributed by atoms with van der Waals surface area (Å²) < 4.78 is 6.42. The van der Waals surface area contributed by atoms with Gasteiger partial charge in [0.2, 0.25) is 5.91 Å². The molecule has 5 nitrogen and oxygen atoms in total. The molecule has 0 aliphatic rings. The van der Waals surface area contributed by atoms with Gasteiger partial charge in [0.1, 0.15) is 5.75 Å². The molecule has 1 aromatic heterocycles. The molecule has 102 valence electrons. The smallest absolute Gasteiger partial charge is 0.230 e. The highest BCUT2D eigenvalue weighted by atomic mass is 32.1. The van der Waals surface area contributed by atoms with Gasteiger partial charge in [-0.3, -0.25) is 4.79 Å². The first kappa shape index (κ1) is 13.8. The van der Waals surface area contributed by atoms with E-state index in [1.165, 1.54) is 11.3 Å². The van der Waals surface area contributed by atoms with Crippen molar-refractivity contribution in [3.8, 4) is 5.75 Å². The van der Waals surface area contributed by atoms with Gasteiger partial charge < -0.3 is 15.8 Å². The molecular weight excluding hydrogens is 262 g/mol. The van der Waals surface area contributed by atoms with E-state index in [0.29, 0.717) is 18.3 Å². The van der Waals surface area contributed by atoms with Crippen LogP contribution in [-0.4, -0.2) is 24.0 Å². The van der Waals surface area contributed by atoms with E-state index >= 15 is 0 Å². The van der Waals surface area contributed by atoms with Gasteiger partial charge in [-0.2, -0.15) is 0 Å². The summed E-state index contributed by atoms with van der Waals surface area (Å²) in [5.41, 5.74) is 6.31. The molecule has 1 amide bonds. The molecule has 2 rings (SSSR count). The number of hydrogen-bond donors (Lipinski definition) is 2. The number of nitrogens with one attached hydrogen (secondary N) is 1. The number of carbonyl (C=O) groups is 1. The van der Waals surface area contributed by atoms with Crippen LogP contribution in [0.15, 0.2) is 18.2 Å². The first-order valence-electron chi connectivity index (χ1n) is 6.18. The molecule has 0 saturated carbocycles. The number of nitrogens with two attached hydrogens (primary N) is 1. The Balaban J connectivity index is 2.19. The summed E-state index contributed by atoms with van der Waals surface area (Å²) in [6.45, 7) is 4.68. The highest BCUT2D eigenvalue weighted by Gasteiger charge is 2.13. The van der Waals surface area contributed by atoms with Gasteiger partial charge in [0.15, 0.2) is 5.13 Å². The number of thiazole rings is 1. The number of ether oxygens (including phenoxy) is 1. The number of hydrogen-bond acceptors (Lipinski definition) is 5. The number of aromatic nitrogens is 1. The van der Waals surface area contributed by atoms with Gasteiger partial charge in [-0.05, 0) is 25.1 Å². The minimum atomic E-state index is -0.217. The SMILES string of the molecule is CCOc1ccc2nc(NC(=O)C(C)CN)sc2c1. The fourth-order valence-electron chi connectivity index (χ4n) is 1.55. The standard InChI is InChI=1S/C13H17N3O2S/c1-3-18-9-4-5-10-11(6-9)19-13(15-10)16-12(17)8(2)7-14/h4-6,8H,3,7,14H2,1-2H3,(H,15,16,17). The van der Waals surface area contributed by atoms with Gasteiger partial charge in [0.25, 0.3) is 0 Å². The third kappa shape index (κ3) is 3.21. The Morgan fingerprint density at radius 3 is 3.05 bits per heavy atom. The largest absolute Gasteiger partial charge is 0.494 e. The van der Waals surface area contributed by atoms with Crippen LogP contribution in [0.3, 0.4) is 0 Å². The molecule has 0 fully saturated rings. The molecule has 0 bridgehead atoms. The molecular formula is C13H17N3O2S. The number of nitrogens with zero attached hydrogens (tertiary/aromatic N) is 1. The van der Waals surface area contributed by atoms with Gasteiger partial charge >= 0.3 is 0 Å². The predicted octanol–water partition coefficient (Wildman–Crippen LogP) is 2.23. The predicted molar refractivity (Wildman–Crippen MR) is 77.6 cm³/mol. The molecule has 3 N–H and O–H groups in total. The van der Waals surface area contributed by atoms with Crippen LogP contribution in [0.1, 0.15) is 13.8 Å². The third-order valence-corrected chi connectivity index (χ3v) is 3.64. The number of benzene rings is 1. The molecule has 0 aliphatic heterocycles. The first-order chi connectivity index (χ1) is 9.13. The van der Waals surface area contributed by atoms with Crippen LogP contribution in [-0.2, 0) is 4.79 Å². The Morgan fingerprint density at radius 1 is 1.58 bits per heavy atom. The highest BCUT2D eigenvalue weighted by molar-refractivity contribution is 7.22. The summed E-state index contributed by atoms with van der Waals surface area (Å²) in [4.78, 5) is 16.1. The lowest BCUT2D eigenvalue weighted by atomic mass is 10.2. The van der Waals surface area contributed by atoms with Crippen molar-refractivity contribution in [3.63, 3.8) is 0 Å². The molecule has 2 aromatic rings. The Labute approximate surface area is 115 Å². The second-order valence-electron chi connectivity index (χ2n) is 4.21. The summed E-state index contributed by atoms with van der Waals surface area (Å²) in [6, 6.07) is 5.69. The van der Waals surface area contributed by atoms with Gasteiger partial charge in [0.05, 0.1) is 16.8 Å². The van der Waals surface area contributed by atoms with Crippen molar-refractivity contribution in [2.45, 2.75) is 13.8 Å². The van der Waals surface area contributed by atoms with Gasteiger partial charge in [-0.15, -0.1) is 0 Å². The molecule has 0 spiro atoms. The zero-order valence-corrected chi connectivity index (χ0v) is 11.8. The second kappa shape index (κ2) is 5.99. The summed E-state index contributed by atoms with van der Waals surface area (Å²) in [6.07, 6.45) is 0. The maximum atomic E-state index is 11.7. The monoisotopic (exact) mass is 279 g/mol. The molecule has 0 aliphatic carbocycles. The zero-order chi connectivity index (χ0) is 13.8. The number of carbonyl (C=O) groups excluding carboxylic acids is 1. The maximum absolute atomic E-state index is 11.7. The molecule has 6 heteroatoms. The summed E-state index contributed by atoms with van der Waals surface area (Å²) in [5.74, 6) is 0.490. The summed E-state index contributed by atoms with van der Waals surface area (Å²) in [7, 11) is 0. The molecule has 19 heavy (non-hydrogen) atoms. The maximum Gasteiger partial charge on any atom is 0.230 e. The zero-order valence-electron chi connectivity index (χ0n) is 11.0. The van der Waals surface area contributed by atoms with E-state index in [2.05, 4.69) is 10.3 Å².